The minimum Gasteiger partial charge on any atom is -0.365 e. The molecule has 186 valence electrons. The van der Waals surface area contributed by atoms with Gasteiger partial charge in [0, 0.05) is 72.0 Å². The van der Waals surface area contributed by atoms with E-state index >= 15 is 0 Å². The molecule has 1 aliphatic heterocycles. The van der Waals surface area contributed by atoms with Crippen LogP contribution in [0.4, 0.5) is 11.6 Å². The first-order chi connectivity index (χ1) is 17.4. The SMILES string of the molecule is Cn1c(C2CC2)c(C=O)c2cc(Nc3nccc(-n4cc(CN5CCOC(C)(O)C5)cn4)n3)ccc21. The van der Waals surface area contributed by atoms with E-state index in [0.29, 0.717) is 37.4 Å². The van der Waals surface area contributed by atoms with Crippen molar-refractivity contribution < 1.29 is 14.6 Å². The van der Waals surface area contributed by atoms with Gasteiger partial charge in [0.1, 0.15) is 0 Å². The molecule has 10 heteroatoms. The number of aryl methyl sites for hydroxylation is 1. The molecule has 1 saturated heterocycles. The Morgan fingerprint density at radius 2 is 2.17 bits per heavy atom. The third-order valence-electron chi connectivity index (χ3n) is 6.88. The number of nitrogens with zero attached hydrogens (tertiary/aromatic N) is 6. The Morgan fingerprint density at radius 1 is 1.31 bits per heavy atom. The Kier molecular flexibility index (Phi) is 5.59. The van der Waals surface area contributed by atoms with Gasteiger partial charge in [-0.1, -0.05) is 0 Å². The molecule has 2 aliphatic rings. The topological polar surface area (TPSA) is 110 Å². The van der Waals surface area contributed by atoms with E-state index in [1.807, 2.05) is 31.4 Å². The van der Waals surface area contributed by atoms with Crippen LogP contribution in [0.2, 0.25) is 0 Å². The molecule has 6 rings (SSSR count). The predicted octanol–water partition coefficient (Wildman–Crippen LogP) is 3.13. The van der Waals surface area contributed by atoms with Crippen molar-refractivity contribution in [1.82, 2.24) is 29.2 Å². The van der Waals surface area contributed by atoms with Gasteiger partial charge >= 0.3 is 0 Å². The van der Waals surface area contributed by atoms with E-state index in [2.05, 4.69) is 29.9 Å². The van der Waals surface area contributed by atoms with Crippen LogP contribution in [0.25, 0.3) is 16.7 Å². The maximum absolute atomic E-state index is 11.9. The number of aldehydes is 1. The van der Waals surface area contributed by atoms with Crippen LogP contribution >= 0.6 is 0 Å². The number of aliphatic hydroxyl groups is 1. The standard InChI is InChI=1S/C26H29N7O3/c1-26(35)16-32(9-10-36-26)13-17-12-28-33(14-17)23-7-8-27-25(30-23)29-19-5-6-22-20(11-19)21(15-34)24(31(22)2)18-3-4-18/h5-8,11-12,14-15,18,35H,3-4,9-10,13,16H2,1-2H3,(H,27,29,30). The second kappa shape index (κ2) is 8.81. The lowest BCUT2D eigenvalue weighted by Gasteiger charge is -2.36. The number of rotatable bonds is 7. The first-order valence-corrected chi connectivity index (χ1v) is 12.2. The number of hydrogen-bond donors (Lipinski definition) is 2. The number of aromatic nitrogens is 5. The van der Waals surface area contributed by atoms with Crippen molar-refractivity contribution in [2.24, 2.45) is 7.05 Å². The van der Waals surface area contributed by atoms with Gasteiger partial charge in [0.15, 0.2) is 17.9 Å². The van der Waals surface area contributed by atoms with Gasteiger partial charge in [-0.05, 0) is 43.9 Å². The van der Waals surface area contributed by atoms with Crippen molar-refractivity contribution in [3.63, 3.8) is 0 Å². The van der Waals surface area contributed by atoms with Gasteiger partial charge in [0.05, 0.1) is 19.3 Å². The summed E-state index contributed by atoms with van der Waals surface area (Å²) in [5.74, 6) is 0.433. The van der Waals surface area contributed by atoms with Gasteiger partial charge in [-0.25, -0.2) is 9.67 Å². The van der Waals surface area contributed by atoms with Gasteiger partial charge in [0.25, 0.3) is 0 Å². The van der Waals surface area contributed by atoms with Crippen molar-refractivity contribution in [1.29, 1.82) is 0 Å². The summed E-state index contributed by atoms with van der Waals surface area (Å²) in [5, 5.41) is 18.8. The van der Waals surface area contributed by atoms with Crippen molar-refractivity contribution in [3.8, 4) is 5.82 Å². The average Bonchev–Trinajstić information content (AvgIpc) is 3.51. The van der Waals surface area contributed by atoms with E-state index in [1.165, 1.54) is 0 Å². The van der Waals surface area contributed by atoms with E-state index in [1.54, 1.807) is 30.1 Å². The maximum atomic E-state index is 11.9. The predicted molar refractivity (Wildman–Crippen MR) is 135 cm³/mol. The minimum atomic E-state index is -1.13. The summed E-state index contributed by atoms with van der Waals surface area (Å²) >= 11 is 0. The molecular formula is C26H29N7O3. The summed E-state index contributed by atoms with van der Waals surface area (Å²) in [6.07, 6.45) is 8.68. The molecule has 1 atom stereocenters. The smallest absolute Gasteiger partial charge is 0.229 e. The molecule has 4 aromatic rings. The molecule has 2 N–H and O–H groups in total. The largest absolute Gasteiger partial charge is 0.365 e. The molecule has 0 radical (unpaired) electrons. The fourth-order valence-electron chi connectivity index (χ4n) is 5.11. The molecule has 10 nitrogen and oxygen atoms in total. The van der Waals surface area contributed by atoms with Gasteiger partial charge in [-0.15, -0.1) is 0 Å². The Hall–Kier alpha value is -3.60. The minimum absolute atomic E-state index is 0.444. The van der Waals surface area contributed by atoms with Crippen molar-refractivity contribution >= 4 is 28.8 Å². The lowest BCUT2D eigenvalue weighted by Crippen LogP contribution is -2.49. The van der Waals surface area contributed by atoms with Crippen LogP contribution < -0.4 is 5.32 Å². The summed E-state index contributed by atoms with van der Waals surface area (Å²) < 4.78 is 9.24. The zero-order chi connectivity index (χ0) is 24.9. The first-order valence-electron chi connectivity index (χ1n) is 12.2. The molecule has 0 amide bonds. The number of morpholine rings is 1. The highest BCUT2D eigenvalue weighted by atomic mass is 16.6. The lowest BCUT2D eigenvalue weighted by molar-refractivity contribution is -0.227. The number of ether oxygens (including phenoxy) is 1. The van der Waals surface area contributed by atoms with Gasteiger partial charge in [-0.2, -0.15) is 10.1 Å². The van der Waals surface area contributed by atoms with E-state index in [9.17, 15) is 9.90 Å². The molecule has 1 aromatic carbocycles. The number of hydrogen-bond acceptors (Lipinski definition) is 8. The summed E-state index contributed by atoms with van der Waals surface area (Å²) in [7, 11) is 2.03. The van der Waals surface area contributed by atoms with Crippen LogP contribution in [0.3, 0.4) is 0 Å². The molecule has 3 aromatic heterocycles. The van der Waals surface area contributed by atoms with Crippen molar-refractivity contribution in [2.75, 3.05) is 25.0 Å². The van der Waals surface area contributed by atoms with E-state index in [4.69, 9.17) is 4.74 Å². The van der Waals surface area contributed by atoms with Crippen LogP contribution in [-0.4, -0.2) is 66.1 Å². The number of benzene rings is 1. The zero-order valence-corrected chi connectivity index (χ0v) is 20.4. The van der Waals surface area contributed by atoms with Gasteiger partial charge in [0.2, 0.25) is 5.95 Å². The Bertz CT molecular complexity index is 1440. The van der Waals surface area contributed by atoms with Gasteiger partial charge in [-0.3, -0.25) is 9.69 Å². The molecule has 2 fully saturated rings. The van der Waals surface area contributed by atoms with Crippen LogP contribution in [0, 0.1) is 0 Å². The summed E-state index contributed by atoms with van der Waals surface area (Å²) in [6.45, 7) is 4.03. The molecular weight excluding hydrogens is 458 g/mol. The number of fused-ring (bicyclic) bond motifs is 1. The van der Waals surface area contributed by atoms with E-state index in [0.717, 1.165) is 59.1 Å². The maximum Gasteiger partial charge on any atom is 0.229 e. The molecule has 1 unspecified atom stereocenters. The molecule has 0 spiro atoms. The highest BCUT2D eigenvalue weighted by molar-refractivity contribution is 6.01. The molecule has 1 aliphatic carbocycles. The number of carbonyl (C=O) groups is 1. The number of nitrogens with one attached hydrogen (secondary N) is 1. The first kappa shape index (κ1) is 22.8. The second-order valence-electron chi connectivity index (χ2n) is 9.87. The second-order valence-corrected chi connectivity index (χ2v) is 9.87. The number of anilines is 2. The Balaban J connectivity index is 1.21. The van der Waals surface area contributed by atoms with Crippen molar-refractivity contribution in [2.45, 2.75) is 38.0 Å². The molecule has 36 heavy (non-hydrogen) atoms. The Morgan fingerprint density at radius 3 is 2.94 bits per heavy atom. The van der Waals surface area contributed by atoms with E-state index in [-0.39, 0.29) is 0 Å². The van der Waals surface area contributed by atoms with Crippen LogP contribution in [0.15, 0.2) is 42.9 Å². The lowest BCUT2D eigenvalue weighted by atomic mass is 10.1. The highest BCUT2D eigenvalue weighted by Crippen LogP contribution is 2.44. The summed E-state index contributed by atoms with van der Waals surface area (Å²) in [6, 6.07) is 7.80. The Labute approximate surface area is 208 Å². The summed E-state index contributed by atoms with van der Waals surface area (Å²) in [5.41, 5.74) is 4.79. The number of carbonyl (C=O) groups excluding carboxylic acids is 1. The molecule has 1 saturated carbocycles. The number of β-amino-alcohol motifs (C(OH)–C–C–N with tert-alkyl or cyclic N) is 1. The zero-order valence-electron chi connectivity index (χ0n) is 20.4. The van der Waals surface area contributed by atoms with Crippen molar-refractivity contribution in [3.05, 3.63) is 59.7 Å². The van der Waals surface area contributed by atoms with Crippen LogP contribution in [0.5, 0.6) is 0 Å². The fraction of sp³-hybridized carbons (Fsp3) is 0.385. The third kappa shape index (κ3) is 4.39. The third-order valence-corrected chi connectivity index (χ3v) is 6.88. The normalized spacial score (nSPS) is 20.6. The fourth-order valence-corrected chi connectivity index (χ4v) is 5.11. The average molecular weight is 488 g/mol. The molecule has 0 bridgehead atoms. The quantitative estimate of drug-likeness (QED) is 0.383. The highest BCUT2D eigenvalue weighted by Gasteiger charge is 2.31. The van der Waals surface area contributed by atoms with Crippen LogP contribution in [-0.2, 0) is 18.3 Å². The van der Waals surface area contributed by atoms with E-state index < -0.39 is 5.79 Å². The van der Waals surface area contributed by atoms with Crippen LogP contribution in [0.1, 0.15) is 47.3 Å². The molecule has 4 heterocycles. The van der Waals surface area contributed by atoms with Gasteiger partial charge < -0.3 is 19.7 Å². The summed E-state index contributed by atoms with van der Waals surface area (Å²) in [4.78, 5) is 23.1. The monoisotopic (exact) mass is 487 g/mol.